The lowest BCUT2D eigenvalue weighted by Crippen LogP contribution is -2.40. The lowest BCUT2D eigenvalue weighted by molar-refractivity contribution is -0.138. The molecule has 4 nitrogen and oxygen atoms in total. The van der Waals surface area contributed by atoms with Crippen LogP contribution in [0.5, 0.6) is 0 Å². The van der Waals surface area contributed by atoms with Crippen molar-refractivity contribution in [1.29, 1.82) is 5.26 Å². The molecule has 0 aliphatic rings. The van der Waals surface area contributed by atoms with Crippen molar-refractivity contribution in [3.63, 3.8) is 0 Å². The number of thioether (sulfide) groups is 1. The molecule has 2 N–H and O–H groups in total. The third kappa shape index (κ3) is 13.4. The molecule has 0 aliphatic carbocycles. The van der Waals surface area contributed by atoms with E-state index in [-0.39, 0.29) is 18.5 Å². The van der Waals surface area contributed by atoms with E-state index in [0.29, 0.717) is 18.9 Å². The largest absolute Gasteiger partial charge is 0.417 e. The SMILES string of the molecule is CC(O)(CCCCCCCCCSCCCCC(F)(F)F)C(=O)Nc1ccc(C#N)c(C(F)(F)F)c1. The molecule has 204 valence electrons. The Kier molecular flexibility index (Phi) is 13.7. The Hall–Kier alpha value is -1.93. The summed E-state index contributed by atoms with van der Waals surface area (Å²) in [5.74, 6) is 0.877. The van der Waals surface area contributed by atoms with Crippen LogP contribution in [0.4, 0.5) is 32.0 Å². The third-order valence-electron chi connectivity index (χ3n) is 5.64. The number of nitriles is 1. The van der Waals surface area contributed by atoms with E-state index in [1.54, 1.807) is 11.8 Å². The molecule has 1 atom stereocenters. The van der Waals surface area contributed by atoms with Gasteiger partial charge in [0.25, 0.3) is 5.91 Å². The topological polar surface area (TPSA) is 73.1 Å². The second-order valence-electron chi connectivity index (χ2n) is 9.01. The van der Waals surface area contributed by atoms with E-state index in [1.807, 2.05) is 0 Å². The van der Waals surface area contributed by atoms with E-state index in [0.717, 1.165) is 56.1 Å². The number of benzene rings is 1. The molecule has 36 heavy (non-hydrogen) atoms. The van der Waals surface area contributed by atoms with Crippen LogP contribution in [0, 0.1) is 11.3 Å². The highest BCUT2D eigenvalue weighted by atomic mass is 32.2. The number of alkyl halides is 6. The Morgan fingerprint density at radius 2 is 1.44 bits per heavy atom. The van der Waals surface area contributed by atoms with Crippen molar-refractivity contribution in [3.8, 4) is 6.07 Å². The summed E-state index contributed by atoms with van der Waals surface area (Å²) >= 11 is 1.68. The highest BCUT2D eigenvalue weighted by molar-refractivity contribution is 7.99. The van der Waals surface area contributed by atoms with Crippen molar-refractivity contribution in [2.75, 3.05) is 16.8 Å². The number of nitrogens with one attached hydrogen (secondary N) is 1. The quantitative estimate of drug-likeness (QED) is 0.165. The first-order valence-electron chi connectivity index (χ1n) is 12.1. The Bertz CT molecular complexity index is 850. The Labute approximate surface area is 212 Å². The minimum Gasteiger partial charge on any atom is -0.380 e. The molecule has 1 rings (SSSR count). The number of carbonyl (C=O) groups excluding carboxylic acids is 1. The van der Waals surface area contributed by atoms with Gasteiger partial charge in [-0.1, -0.05) is 38.5 Å². The summed E-state index contributed by atoms with van der Waals surface area (Å²) in [5, 5.41) is 21.6. The van der Waals surface area contributed by atoms with Crippen LogP contribution in [0.15, 0.2) is 18.2 Å². The fourth-order valence-electron chi connectivity index (χ4n) is 3.52. The molecule has 0 aromatic heterocycles. The van der Waals surface area contributed by atoms with Crippen LogP contribution in [0.25, 0.3) is 0 Å². The second kappa shape index (κ2) is 15.4. The highest BCUT2D eigenvalue weighted by Crippen LogP contribution is 2.34. The molecule has 1 amide bonds. The molecule has 1 unspecified atom stereocenters. The minimum absolute atomic E-state index is 0.147. The van der Waals surface area contributed by atoms with Crippen LogP contribution in [0.2, 0.25) is 0 Å². The molecule has 0 fully saturated rings. The molecule has 0 heterocycles. The highest BCUT2D eigenvalue weighted by Gasteiger charge is 2.35. The van der Waals surface area contributed by atoms with E-state index in [2.05, 4.69) is 5.32 Å². The first-order chi connectivity index (χ1) is 16.8. The zero-order valence-electron chi connectivity index (χ0n) is 20.4. The maximum absolute atomic E-state index is 13.1. The first kappa shape index (κ1) is 32.1. The minimum atomic E-state index is -4.74. The summed E-state index contributed by atoms with van der Waals surface area (Å²) in [7, 11) is 0. The van der Waals surface area contributed by atoms with Gasteiger partial charge in [-0.05, 0) is 62.3 Å². The summed E-state index contributed by atoms with van der Waals surface area (Å²) in [6.45, 7) is 1.32. The number of hydrogen-bond acceptors (Lipinski definition) is 4. The van der Waals surface area contributed by atoms with Crippen molar-refractivity contribution in [3.05, 3.63) is 29.3 Å². The fourth-order valence-corrected chi connectivity index (χ4v) is 4.54. The van der Waals surface area contributed by atoms with E-state index in [4.69, 9.17) is 5.26 Å². The summed E-state index contributed by atoms with van der Waals surface area (Å²) < 4.78 is 75.4. The van der Waals surface area contributed by atoms with Crippen LogP contribution in [0.1, 0.15) is 88.7 Å². The molecule has 0 saturated heterocycles. The number of anilines is 1. The molecule has 0 saturated carbocycles. The molecule has 1 aromatic carbocycles. The third-order valence-corrected chi connectivity index (χ3v) is 6.80. The van der Waals surface area contributed by atoms with Crippen LogP contribution in [0.3, 0.4) is 0 Å². The lowest BCUT2D eigenvalue weighted by Gasteiger charge is -2.22. The number of unbranched alkanes of at least 4 members (excludes halogenated alkanes) is 7. The number of amides is 1. The first-order valence-corrected chi connectivity index (χ1v) is 13.2. The van der Waals surface area contributed by atoms with E-state index in [9.17, 15) is 36.2 Å². The number of carbonyl (C=O) groups is 1. The fraction of sp³-hybridized carbons (Fsp3) is 0.680. The van der Waals surface area contributed by atoms with Gasteiger partial charge < -0.3 is 10.4 Å². The molecular weight excluding hydrogens is 506 g/mol. The van der Waals surface area contributed by atoms with Gasteiger partial charge in [0, 0.05) is 12.1 Å². The Morgan fingerprint density at radius 3 is 2.00 bits per heavy atom. The second-order valence-corrected chi connectivity index (χ2v) is 10.2. The monoisotopic (exact) mass is 540 g/mol. The number of rotatable bonds is 16. The number of aliphatic hydroxyl groups is 1. The summed E-state index contributed by atoms with van der Waals surface area (Å²) in [6.07, 6.45) is -2.22. The van der Waals surface area contributed by atoms with Gasteiger partial charge in [0.2, 0.25) is 0 Å². The normalized spacial score (nSPS) is 13.8. The van der Waals surface area contributed by atoms with Crippen molar-refractivity contribution >= 4 is 23.4 Å². The molecule has 0 bridgehead atoms. The molecule has 0 radical (unpaired) electrons. The predicted octanol–water partition coefficient (Wildman–Crippen LogP) is 7.85. The van der Waals surface area contributed by atoms with E-state index < -0.39 is 41.4 Å². The zero-order chi connectivity index (χ0) is 27.2. The Balaban J connectivity index is 2.19. The van der Waals surface area contributed by atoms with Gasteiger partial charge in [-0.2, -0.15) is 43.4 Å². The van der Waals surface area contributed by atoms with Gasteiger partial charge >= 0.3 is 12.4 Å². The van der Waals surface area contributed by atoms with Crippen molar-refractivity contribution in [2.45, 2.75) is 95.5 Å². The van der Waals surface area contributed by atoms with Crippen LogP contribution in [-0.4, -0.2) is 34.3 Å². The lowest BCUT2D eigenvalue weighted by atomic mass is 9.96. The van der Waals surface area contributed by atoms with Gasteiger partial charge in [0.05, 0.1) is 17.2 Å². The number of nitrogens with zero attached hydrogens (tertiary/aromatic N) is 1. The van der Waals surface area contributed by atoms with Crippen molar-refractivity contribution in [2.24, 2.45) is 0 Å². The van der Waals surface area contributed by atoms with E-state index >= 15 is 0 Å². The molecule has 0 aliphatic heterocycles. The number of hydrogen-bond donors (Lipinski definition) is 2. The van der Waals surface area contributed by atoms with Crippen molar-refractivity contribution < 1.29 is 36.2 Å². The zero-order valence-corrected chi connectivity index (χ0v) is 21.2. The van der Waals surface area contributed by atoms with Crippen LogP contribution < -0.4 is 5.32 Å². The van der Waals surface area contributed by atoms with Crippen LogP contribution >= 0.6 is 11.8 Å². The van der Waals surface area contributed by atoms with Gasteiger partial charge in [0.15, 0.2) is 0 Å². The molecule has 11 heteroatoms. The smallest absolute Gasteiger partial charge is 0.380 e. The standard InChI is InChI=1S/C25H34F6N2O2S/c1-23(35,22(34)33-20-12-11-19(18-32)21(17-20)25(29,30)31)13-7-5-3-2-4-6-9-15-36-16-10-8-14-24(26,27)28/h11-12,17,35H,2-10,13-16H2,1H3,(H,33,34). The van der Waals surface area contributed by atoms with E-state index in [1.165, 1.54) is 19.1 Å². The van der Waals surface area contributed by atoms with Gasteiger partial charge in [0.1, 0.15) is 5.60 Å². The molecule has 1 aromatic rings. The van der Waals surface area contributed by atoms with Gasteiger partial charge in [-0.15, -0.1) is 0 Å². The summed E-state index contributed by atoms with van der Waals surface area (Å²) in [5.41, 5.74) is -3.59. The number of halogens is 6. The predicted molar refractivity (Wildman–Crippen MR) is 130 cm³/mol. The molecule has 0 spiro atoms. The Morgan fingerprint density at radius 1 is 0.917 bits per heavy atom. The average Bonchev–Trinajstić information content (AvgIpc) is 2.77. The van der Waals surface area contributed by atoms with Gasteiger partial charge in [-0.25, -0.2) is 0 Å². The maximum Gasteiger partial charge on any atom is 0.417 e. The maximum atomic E-state index is 13.1. The summed E-state index contributed by atoms with van der Waals surface area (Å²) in [6, 6.07) is 4.32. The average molecular weight is 541 g/mol. The van der Waals surface area contributed by atoms with Crippen molar-refractivity contribution in [1.82, 2.24) is 0 Å². The summed E-state index contributed by atoms with van der Waals surface area (Å²) in [4.78, 5) is 12.4. The molecular formula is C25H34F6N2O2S. The van der Waals surface area contributed by atoms with Gasteiger partial charge in [-0.3, -0.25) is 4.79 Å². The van der Waals surface area contributed by atoms with Crippen LogP contribution in [-0.2, 0) is 11.0 Å².